The number of nitrogen functional groups attached to an aromatic ring is 1. The van der Waals surface area contributed by atoms with Crippen molar-refractivity contribution in [1.29, 1.82) is 0 Å². The van der Waals surface area contributed by atoms with E-state index >= 15 is 0 Å². The van der Waals surface area contributed by atoms with Crippen LogP contribution in [0.25, 0.3) is 0 Å². The van der Waals surface area contributed by atoms with Crippen molar-refractivity contribution in [3.8, 4) is 0 Å². The van der Waals surface area contributed by atoms with Crippen molar-refractivity contribution in [2.75, 3.05) is 12.0 Å². The molecule has 0 aliphatic carbocycles. The van der Waals surface area contributed by atoms with Crippen molar-refractivity contribution >= 4 is 21.6 Å². The van der Waals surface area contributed by atoms with Gasteiger partial charge in [-0.1, -0.05) is 12.1 Å². The number of nitrogens with one attached hydrogen (secondary N) is 2. The summed E-state index contributed by atoms with van der Waals surface area (Å²) in [6.45, 7) is 0.280. The summed E-state index contributed by atoms with van der Waals surface area (Å²) in [6.07, 6.45) is 1.15. The second-order valence-electron chi connectivity index (χ2n) is 4.31. The van der Waals surface area contributed by atoms with Crippen molar-refractivity contribution in [3.63, 3.8) is 0 Å². The fraction of sp³-hybridized carbons (Fsp3) is 0.167. The van der Waals surface area contributed by atoms with Crippen LogP contribution in [0.4, 0.5) is 5.82 Å². The van der Waals surface area contributed by atoms with Gasteiger partial charge < -0.3 is 11.1 Å². The van der Waals surface area contributed by atoms with E-state index in [-0.39, 0.29) is 28.9 Å². The van der Waals surface area contributed by atoms with Gasteiger partial charge in [0.05, 0.1) is 4.90 Å². The highest BCUT2D eigenvalue weighted by Crippen LogP contribution is 2.10. The molecule has 1 heterocycles. The van der Waals surface area contributed by atoms with Gasteiger partial charge in [0.15, 0.2) is 9.84 Å². The number of H-pyrrole nitrogens is 1. The largest absolute Gasteiger partial charge is 0.382 e. The topological polar surface area (TPSA) is 118 Å². The minimum atomic E-state index is -3.21. The second-order valence-corrected chi connectivity index (χ2v) is 6.32. The lowest BCUT2D eigenvalue weighted by Gasteiger charge is -2.04. The van der Waals surface area contributed by atoms with Crippen LogP contribution in [0.5, 0.6) is 0 Å². The zero-order valence-electron chi connectivity index (χ0n) is 10.8. The molecule has 0 bridgehead atoms. The molecule has 1 aromatic carbocycles. The van der Waals surface area contributed by atoms with Gasteiger partial charge in [0.25, 0.3) is 5.91 Å². The number of hydrogen-bond acceptors (Lipinski definition) is 5. The Morgan fingerprint density at radius 1 is 1.35 bits per heavy atom. The molecule has 2 aromatic rings. The molecule has 0 aliphatic rings. The molecule has 106 valence electrons. The van der Waals surface area contributed by atoms with E-state index in [4.69, 9.17) is 5.73 Å². The molecule has 0 fully saturated rings. The van der Waals surface area contributed by atoms with E-state index in [9.17, 15) is 13.2 Å². The number of anilines is 1. The molecule has 0 saturated carbocycles. The Kier molecular flexibility index (Phi) is 3.75. The molecule has 0 saturated heterocycles. The standard InChI is InChI=1S/C12H14N4O3S/c1-20(18,19)9-4-2-8(3-5-9)7-14-12(17)10-6-11(13)16-15-10/h2-6H,7H2,1H3,(H,14,17)(H3,13,15,16). The maximum absolute atomic E-state index is 11.7. The number of amides is 1. The molecule has 0 atom stereocenters. The van der Waals surface area contributed by atoms with Crippen LogP contribution >= 0.6 is 0 Å². The van der Waals surface area contributed by atoms with Crippen molar-refractivity contribution in [2.45, 2.75) is 11.4 Å². The molecular weight excluding hydrogens is 280 g/mol. The van der Waals surface area contributed by atoms with Gasteiger partial charge >= 0.3 is 0 Å². The van der Waals surface area contributed by atoms with Gasteiger partial charge in [-0.05, 0) is 17.7 Å². The highest BCUT2D eigenvalue weighted by molar-refractivity contribution is 7.90. The van der Waals surface area contributed by atoms with E-state index in [0.717, 1.165) is 11.8 Å². The fourth-order valence-corrected chi connectivity index (χ4v) is 2.22. The molecule has 0 spiro atoms. The third-order valence-corrected chi connectivity index (χ3v) is 3.78. The Hall–Kier alpha value is -2.35. The highest BCUT2D eigenvalue weighted by atomic mass is 32.2. The molecule has 0 aliphatic heterocycles. The SMILES string of the molecule is CS(=O)(=O)c1ccc(CNC(=O)c2cc(N)n[nH]2)cc1. The van der Waals surface area contributed by atoms with Crippen LogP contribution in [0.15, 0.2) is 35.2 Å². The van der Waals surface area contributed by atoms with Crippen LogP contribution in [-0.4, -0.2) is 30.8 Å². The van der Waals surface area contributed by atoms with E-state index in [1.54, 1.807) is 12.1 Å². The van der Waals surface area contributed by atoms with Gasteiger partial charge in [0.1, 0.15) is 11.5 Å². The molecule has 1 aromatic heterocycles. The number of aromatic nitrogens is 2. The maximum atomic E-state index is 11.7. The number of sulfone groups is 1. The summed E-state index contributed by atoms with van der Waals surface area (Å²) in [5.41, 5.74) is 6.47. The molecule has 2 rings (SSSR count). The Morgan fingerprint density at radius 3 is 2.50 bits per heavy atom. The van der Waals surface area contributed by atoms with Crippen LogP contribution in [0.2, 0.25) is 0 Å². The third-order valence-electron chi connectivity index (χ3n) is 2.65. The average molecular weight is 294 g/mol. The molecular formula is C12H14N4O3S. The summed E-state index contributed by atoms with van der Waals surface area (Å²) >= 11 is 0. The zero-order valence-corrected chi connectivity index (χ0v) is 11.6. The summed E-state index contributed by atoms with van der Waals surface area (Å²) in [6, 6.07) is 7.74. The van der Waals surface area contributed by atoms with Gasteiger partial charge in [-0.15, -0.1) is 0 Å². The van der Waals surface area contributed by atoms with E-state index in [1.165, 1.54) is 18.2 Å². The first kappa shape index (κ1) is 14.1. The van der Waals surface area contributed by atoms with Crippen molar-refractivity contribution < 1.29 is 13.2 Å². The molecule has 4 N–H and O–H groups in total. The smallest absolute Gasteiger partial charge is 0.269 e. The van der Waals surface area contributed by atoms with Gasteiger partial charge in [-0.3, -0.25) is 9.89 Å². The fourth-order valence-electron chi connectivity index (χ4n) is 1.59. The second kappa shape index (κ2) is 5.33. The van der Waals surface area contributed by atoms with Gasteiger partial charge in [0.2, 0.25) is 0 Å². The number of aromatic amines is 1. The first-order chi connectivity index (χ1) is 9.36. The Bertz CT molecular complexity index is 719. The maximum Gasteiger partial charge on any atom is 0.269 e. The Balaban J connectivity index is 1.99. The monoisotopic (exact) mass is 294 g/mol. The predicted molar refractivity (Wildman–Crippen MR) is 73.7 cm³/mol. The number of rotatable bonds is 4. The first-order valence-corrected chi connectivity index (χ1v) is 7.63. The zero-order chi connectivity index (χ0) is 14.8. The molecule has 0 unspecified atom stereocenters. The van der Waals surface area contributed by atoms with Crippen molar-refractivity contribution in [1.82, 2.24) is 15.5 Å². The minimum Gasteiger partial charge on any atom is -0.382 e. The first-order valence-electron chi connectivity index (χ1n) is 5.74. The Labute approximate surface area is 116 Å². The molecule has 8 heteroatoms. The highest BCUT2D eigenvalue weighted by Gasteiger charge is 2.09. The summed E-state index contributed by atoms with van der Waals surface area (Å²) in [5, 5.41) is 8.83. The number of hydrogen-bond donors (Lipinski definition) is 3. The van der Waals surface area contributed by atoms with Crippen LogP contribution in [0.1, 0.15) is 16.1 Å². The summed E-state index contributed by atoms with van der Waals surface area (Å²) in [5.74, 6) is -0.0888. The summed E-state index contributed by atoms with van der Waals surface area (Å²) in [4.78, 5) is 12.0. The molecule has 7 nitrogen and oxygen atoms in total. The van der Waals surface area contributed by atoms with Gasteiger partial charge in [-0.2, -0.15) is 5.10 Å². The number of carbonyl (C=O) groups is 1. The van der Waals surface area contributed by atoms with E-state index in [2.05, 4.69) is 15.5 Å². The van der Waals surface area contributed by atoms with Crippen LogP contribution in [0, 0.1) is 0 Å². The lowest BCUT2D eigenvalue weighted by atomic mass is 10.2. The third kappa shape index (κ3) is 3.35. The van der Waals surface area contributed by atoms with Crippen molar-refractivity contribution in [3.05, 3.63) is 41.6 Å². The average Bonchev–Trinajstić information content (AvgIpc) is 2.82. The Morgan fingerprint density at radius 2 is 2.00 bits per heavy atom. The number of carbonyl (C=O) groups excluding carboxylic acids is 1. The van der Waals surface area contributed by atoms with Crippen molar-refractivity contribution in [2.24, 2.45) is 0 Å². The van der Waals surface area contributed by atoms with Gasteiger partial charge in [-0.25, -0.2) is 8.42 Å². The van der Waals surface area contributed by atoms with E-state index in [1.807, 2.05) is 0 Å². The van der Waals surface area contributed by atoms with E-state index in [0.29, 0.717) is 0 Å². The minimum absolute atomic E-state index is 0.243. The van der Waals surface area contributed by atoms with Crippen LogP contribution < -0.4 is 11.1 Å². The lowest BCUT2D eigenvalue weighted by molar-refractivity contribution is 0.0946. The molecule has 20 heavy (non-hydrogen) atoms. The van der Waals surface area contributed by atoms with Gasteiger partial charge in [0, 0.05) is 18.9 Å². The quantitative estimate of drug-likeness (QED) is 0.750. The summed E-state index contributed by atoms with van der Waals surface area (Å²) < 4.78 is 22.6. The molecule has 1 amide bonds. The van der Waals surface area contributed by atoms with Crippen LogP contribution in [0.3, 0.4) is 0 Å². The normalized spacial score (nSPS) is 11.2. The number of nitrogens with zero attached hydrogens (tertiary/aromatic N) is 1. The lowest BCUT2D eigenvalue weighted by Crippen LogP contribution is -2.23. The number of benzene rings is 1. The molecule has 0 radical (unpaired) electrons. The summed E-state index contributed by atoms with van der Waals surface area (Å²) in [7, 11) is -3.21. The predicted octanol–water partition coefficient (Wildman–Crippen LogP) is 0.325. The van der Waals surface area contributed by atoms with E-state index < -0.39 is 9.84 Å². The van der Waals surface area contributed by atoms with Crippen LogP contribution in [-0.2, 0) is 16.4 Å². The number of nitrogens with two attached hydrogens (primary N) is 1.